The standard InChI is InChI=1S/C18H15ClN2/c1-13-7-9-15(10-8-13)17-12-20-18(19)16(21-17)11-14-5-3-2-4-6-14/h2-10,12H,11H2,1H3. The van der Waals surface area contributed by atoms with E-state index in [0.717, 1.165) is 17.0 Å². The van der Waals surface area contributed by atoms with Crippen LogP contribution >= 0.6 is 11.6 Å². The Morgan fingerprint density at radius 1 is 0.952 bits per heavy atom. The highest BCUT2D eigenvalue weighted by atomic mass is 35.5. The van der Waals surface area contributed by atoms with Gasteiger partial charge in [-0.15, -0.1) is 0 Å². The van der Waals surface area contributed by atoms with Crippen molar-refractivity contribution in [3.8, 4) is 11.3 Å². The van der Waals surface area contributed by atoms with Gasteiger partial charge in [0.05, 0.1) is 17.6 Å². The monoisotopic (exact) mass is 294 g/mol. The van der Waals surface area contributed by atoms with Crippen LogP contribution in [0, 0.1) is 6.92 Å². The van der Waals surface area contributed by atoms with Crippen molar-refractivity contribution in [1.29, 1.82) is 0 Å². The molecule has 1 heterocycles. The molecular formula is C18H15ClN2. The fourth-order valence-electron chi connectivity index (χ4n) is 2.18. The van der Waals surface area contributed by atoms with E-state index in [4.69, 9.17) is 11.6 Å². The zero-order chi connectivity index (χ0) is 14.7. The molecule has 3 heteroatoms. The van der Waals surface area contributed by atoms with Crippen LogP contribution in [0.15, 0.2) is 60.8 Å². The largest absolute Gasteiger partial charge is 0.248 e. The van der Waals surface area contributed by atoms with Crippen LogP contribution in [0.4, 0.5) is 0 Å². The second kappa shape index (κ2) is 6.06. The Hall–Kier alpha value is -2.19. The van der Waals surface area contributed by atoms with Crippen molar-refractivity contribution in [2.75, 3.05) is 0 Å². The number of hydrogen-bond donors (Lipinski definition) is 0. The maximum atomic E-state index is 6.19. The molecule has 1 aromatic heterocycles. The van der Waals surface area contributed by atoms with Gasteiger partial charge in [-0.1, -0.05) is 71.8 Å². The third-order valence-electron chi connectivity index (χ3n) is 3.36. The Morgan fingerprint density at radius 3 is 2.38 bits per heavy atom. The number of benzene rings is 2. The molecule has 2 nitrogen and oxygen atoms in total. The first-order chi connectivity index (χ1) is 10.2. The smallest absolute Gasteiger partial charge is 0.150 e. The quantitative estimate of drug-likeness (QED) is 0.700. The number of hydrogen-bond acceptors (Lipinski definition) is 2. The minimum Gasteiger partial charge on any atom is -0.248 e. The van der Waals surface area contributed by atoms with Crippen molar-refractivity contribution in [3.05, 3.63) is 82.8 Å². The second-order valence-corrected chi connectivity index (χ2v) is 5.38. The molecule has 0 spiro atoms. The van der Waals surface area contributed by atoms with E-state index in [2.05, 4.69) is 53.3 Å². The Bertz CT molecular complexity index is 737. The fraction of sp³-hybridized carbons (Fsp3) is 0.111. The Balaban J connectivity index is 1.94. The van der Waals surface area contributed by atoms with Crippen LogP contribution < -0.4 is 0 Å². The lowest BCUT2D eigenvalue weighted by molar-refractivity contribution is 1.04. The summed E-state index contributed by atoms with van der Waals surface area (Å²) in [5, 5.41) is 0.467. The SMILES string of the molecule is Cc1ccc(-c2cnc(Cl)c(Cc3ccccc3)n2)cc1. The Kier molecular flexibility index (Phi) is 3.98. The van der Waals surface area contributed by atoms with Crippen LogP contribution in [0.1, 0.15) is 16.8 Å². The summed E-state index contributed by atoms with van der Waals surface area (Å²) in [6, 6.07) is 18.4. The van der Waals surface area contributed by atoms with Crippen LogP contribution in [0.3, 0.4) is 0 Å². The van der Waals surface area contributed by atoms with Gasteiger partial charge in [-0.3, -0.25) is 0 Å². The van der Waals surface area contributed by atoms with Gasteiger partial charge in [-0.05, 0) is 12.5 Å². The average Bonchev–Trinajstić information content (AvgIpc) is 2.51. The Labute approximate surface area is 129 Å². The van der Waals surface area contributed by atoms with Gasteiger partial charge in [0, 0.05) is 12.0 Å². The molecule has 104 valence electrons. The van der Waals surface area contributed by atoms with Gasteiger partial charge in [0.25, 0.3) is 0 Å². The molecule has 0 atom stereocenters. The molecular weight excluding hydrogens is 280 g/mol. The molecule has 0 saturated carbocycles. The number of nitrogens with zero attached hydrogens (tertiary/aromatic N) is 2. The normalized spacial score (nSPS) is 10.6. The van der Waals surface area contributed by atoms with Crippen molar-refractivity contribution in [2.45, 2.75) is 13.3 Å². The van der Waals surface area contributed by atoms with E-state index in [-0.39, 0.29) is 0 Å². The van der Waals surface area contributed by atoms with Crippen LogP contribution in [0.2, 0.25) is 5.15 Å². The van der Waals surface area contributed by atoms with Gasteiger partial charge in [0.1, 0.15) is 0 Å². The number of halogens is 1. The first kappa shape index (κ1) is 13.8. The molecule has 2 aromatic carbocycles. The first-order valence-electron chi connectivity index (χ1n) is 6.85. The third kappa shape index (κ3) is 3.29. The van der Waals surface area contributed by atoms with Crippen LogP contribution in [0.5, 0.6) is 0 Å². The highest BCUT2D eigenvalue weighted by molar-refractivity contribution is 6.30. The summed E-state index contributed by atoms with van der Waals surface area (Å²) in [7, 11) is 0. The van der Waals surface area contributed by atoms with Crippen molar-refractivity contribution < 1.29 is 0 Å². The van der Waals surface area contributed by atoms with E-state index in [0.29, 0.717) is 11.6 Å². The summed E-state index contributed by atoms with van der Waals surface area (Å²) in [6.45, 7) is 2.07. The maximum Gasteiger partial charge on any atom is 0.150 e. The molecule has 0 aliphatic carbocycles. The second-order valence-electron chi connectivity index (χ2n) is 5.02. The minimum absolute atomic E-state index is 0.467. The minimum atomic E-state index is 0.467. The first-order valence-corrected chi connectivity index (χ1v) is 7.22. The van der Waals surface area contributed by atoms with E-state index >= 15 is 0 Å². The lowest BCUT2D eigenvalue weighted by atomic mass is 10.1. The van der Waals surface area contributed by atoms with Crippen molar-refractivity contribution >= 4 is 11.6 Å². The average molecular weight is 295 g/mol. The van der Waals surface area contributed by atoms with Crippen LogP contribution in [0.25, 0.3) is 11.3 Å². The van der Waals surface area contributed by atoms with Gasteiger partial charge in [-0.2, -0.15) is 0 Å². The molecule has 0 fully saturated rings. The summed E-state index contributed by atoms with van der Waals surface area (Å²) in [4.78, 5) is 8.95. The van der Waals surface area contributed by atoms with E-state index < -0.39 is 0 Å². The van der Waals surface area contributed by atoms with E-state index in [1.807, 2.05) is 18.2 Å². The van der Waals surface area contributed by atoms with Crippen molar-refractivity contribution in [3.63, 3.8) is 0 Å². The molecule has 3 rings (SSSR count). The number of aryl methyl sites for hydroxylation is 1. The van der Waals surface area contributed by atoms with Gasteiger partial charge in [-0.25, -0.2) is 9.97 Å². The fourth-order valence-corrected chi connectivity index (χ4v) is 2.34. The van der Waals surface area contributed by atoms with Crippen LogP contribution in [-0.4, -0.2) is 9.97 Å². The predicted octanol–water partition coefficient (Wildman–Crippen LogP) is 4.70. The zero-order valence-electron chi connectivity index (χ0n) is 11.8. The van der Waals surface area contributed by atoms with E-state index in [1.165, 1.54) is 11.1 Å². The summed E-state index contributed by atoms with van der Waals surface area (Å²) < 4.78 is 0. The summed E-state index contributed by atoms with van der Waals surface area (Å²) >= 11 is 6.19. The van der Waals surface area contributed by atoms with Gasteiger partial charge in [0.15, 0.2) is 5.15 Å². The maximum absolute atomic E-state index is 6.19. The zero-order valence-corrected chi connectivity index (χ0v) is 12.5. The van der Waals surface area contributed by atoms with E-state index in [1.54, 1.807) is 6.20 Å². The molecule has 0 aliphatic rings. The topological polar surface area (TPSA) is 25.8 Å². The van der Waals surface area contributed by atoms with Gasteiger partial charge in [0.2, 0.25) is 0 Å². The molecule has 21 heavy (non-hydrogen) atoms. The van der Waals surface area contributed by atoms with Crippen LogP contribution in [-0.2, 0) is 6.42 Å². The third-order valence-corrected chi connectivity index (χ3v) is 3.67. The molecule has 0 radical (unpaired) electrons. The molecule has 0 unspecified atom stereocenters. The summed E-state index contributed by atoms with van der Waals surface area (Å²) in [5.41, 5.74) is 5.12. The summed E-state index contributed by atoms with van der Waals surface area (Å²) in [6.07, 6.45) is 2.41. The molecule has 0 amide bonds. The number of rotatable bonds is 3. The summed E-state index contributed by atoms with van der Waals surface area (Å²) in [5.74, 6) is 0. The highest BCUT2D eigenvalue weighted by Gasteiger charge is 2.08. The lowest BCUT2D eigenvalue weighted by Gasteiger charge is -2.07. The lowest BCUT2D eigenvalue weighted by Crippen LogP contribution is -1.98. The predicted molar refractivity (Wildman–Crippen MR) is 86.5 cm³/mol. The molecule has 3 aromatic rings. The van der Waals surface area contributed by atoms with Gasteiger partial charge >= 0.3 is 0 Å². The molecule has 0 aliphatic heterocycles. The van der Waals surface area contributed by atoms with Crippen molar-refractivity contribution in [2.24, 2.45) is 0 Å². The number of aromatic nitrogens is 2. The Morgan fingerprint density at radius 2 is 1.67 bits per heavy atom. The van der Waals surface area contributed by atoms with Crippen molar-refractivity contribution in [1.82, 2.24) is 9.97 Å². The van der Waals surface area contributed by atoms with E-state index in [9.17, 15) is 0 Å². The highest BCUT2D eigenvalue weighted by Crippen LogP contribution is 2.21. The molecule has 0 N–H and O–H groups in total. The van der Waals surface area contributed by atoms with Gasteiger partial charge < -0.3 is 0 Å². The molecule has 0 saturated heterocycles. The molecule has 0 bridgehead atoms.